The van der Waals surface area contributed by atoms with E-state index in [1.54, 1.807) is 6.07 Å². The van der Waals surface area contributed by atoms with Gasteiger partial charge in [-0.1, -0.05) is 0 Å². The van der Waals surface area contributed by atoms with Crippen LogP contribution < -0.4 is 4.74 Å². The normalized spacial score (nSPS) is 15.1. The van der Waals surface area contributed by atoms with E-state index in [0.29, 0.717) is 11.8 Å². The Morgan fingerprint density at radius 2 is 2.36 bits per heavy atom. The Balaban J connectivity index is 2.02. The zero-order valence-electron chi connectivity index (χ0n) is 7.51. The van der Waals surface area contributed by atoms with Gasteiger partial charge in [-0.05, 0) is 12.8 Å². The third kappa shape index (κ3) is 2.18. The molecule has 1 saturated carbocycles. The molecule has 0 atom stereocenters. The van der Waals surface area contributed by atoms with Crippen molar-refractivity contribution in [3.8, 4) is 5.88 Å². The van der Waals surface area contributed by atoms with E-state index < -0.39 is 5.97 Å². The average Bonchev–Trinajstić information content (AvgIpc) is 2.98. The van der Waals surface area contributed by atoms with Gasteiger partial charge >= 0.3 is 5.97 Å². The van der Waals surface area contributed by atoms with Crippen LogP contribution in [0.4, 0.5) is 0 Å². The van der Waals surface area contributed by atoms with Gasteiger partial charge in [0.2, 0.25) is 5.88 Å². The molecule has 0 bridgehead atoms. The van der Waals surface area contributed by atoms with Crippen LogP contribution in [0.2, 0.25) is 0 Å². The fourth-order valence-corrected chi connectivity index (χ4v) is 1.17. The van der Waals surface area contributed by atoms with Gasteiger partial charge in [0.15, 0.2) is 6.61 Å². The van der Waals surface area contributed by atoms with E-state index in [4.69, 9.17) is 9.84 Å². The number of carboxylic acid groups (broad SMARTS) is 1. The van der Waals surface area contributed by atoms with Gasteiger partial charge in [-0.3, -0.25) is 0 Å². The van der Waals surface area contributed by atoms with Gasteiger partial charge in [0.25, 0.3) is 0 Å². The predicted molar refractivity (Wildman–Crippen MR) is 47.1 cm³/mol. The van der Waals surface area contributed by atoms with Crippen molar-refractivity contribution < 1.29 is 14.6 Å². The summed E-state index contributed by atoms with van der Waals surface area (Å²) in [5.74, 6) is -0.147. The molecule has 0 spiro atoms. The number of hydrogen-bond acceptors (Lipinski definition) is 4. The zero-order chi connectivity index (χ0) is 9.97. The van der Waals surface area contributed by atoms with Gasteiger partial charge in [-0.15, -0.1) is 0 Å². The Morgan fingerprint density at radius 1 is 1.57 bits per heavy atom. The number of rotatable bonds is 4. The lowest BCUT2D eigenvalue weighted by atomic mass is 10.3. The lowest BCUT2D eigenvalue weighted by molar-refractivity contribution is -0.139. The third-order valence-electron chi connectivity index (χ3n) is 2.00. The van der Waals surface area contributed by atoms with Crippen LogP contribution in [-0.2, 0) is 4.79 Å². The van der Waals surface area contributed by atoms with Gasteiger partial charge in [0.05, 0.1) is 5.69 Å². The molecule has 1 aliphatic rings. The second kappa shape index (κ2) is 3.61. The van der Waals surface area contributed by atoms with Crippen molar-refractivity contribution in [3.05, 3.63) is 18.1 Å². The molecule has 1 heterocycles. The topological polar surface area (TPSA) is 72.3 Å². The first-order chi connectivity index (χ1) is 6.75. The lowest BCUT2D eigenvalue weighted by Crippen LogP contribution is -2.10. The van der Waals surface area contributed by atoms with Crippen molar-refractivity contribution in [2.45, 2.75) is 18.8 Å². The van der Waals surface area contributed by atoms with Crippen molar-refractivity contribution in [3.63, 3.8) is 0 Å². The number of nitrogens with zero attached hydrogens (tertiary/aromatic N) is 2. The zero-order valence-corrected chi connectivity index (χ0v) is 7.51. The smallest absolute Gasteiger partial charge is 0.341 e. The van der Waals surface area contributed by atoms with Gasteiger partial charge in [0.1, 0.15) is 6.33 Å². The van der Waals surface area contributed by atoms with Gasteiger partial charge < -0.3 is 9.84 Å². The van der Waals surface area contributed by atoms with E-state index in [1.165, 1.54) is 6.33 Å². The number of carbonyl (C=O) groups is 1. The molecule has 0 unspecified atom stereocenters. The molecular formula is C9H10N2O3. The minimum absolute atomic E-state index is 0.337. The highest BCUT2D eigenvalue weighted by Gasteiger charge is 2.25. The van der Waals surface area contributed by atoms with E-state index >= 15 is 0 Å². The highest BCUT2D eigenvalue weighted by atomic mass is 16.5. The number of carboxylic acids is 1. The molecule has 0 radical (unpaired) electrons. The molecule has 0 amide bonds. The Kier molecular flexibility index (Phi) is 2.30. The van der Waals surface area contributed by atoms with Crippen LogP contribution in [0.3, 0.4) is 0 Å². The largest absolute Gasteiger partial charge is 0.479 e. The molecule has 74 valence electrons. The number of aromatic nitrogens is 2. The highest BCUT2D eigenvalue weighted by Crippen LogP contribution is 2.39. The quantitative estimate of drug-likeness (QED) is 0.768. The van der Waals surface area contributed by atoms with Crippen molar-refractivity contribution in [1.82, 2.24) is 9.97 Å². The lowest BCUT2D eigenvalue weighted by Gasteiger charge is -2.02. The molecule has 0 aromatic carbocycles. The summed E-state index contributed by atoms with van der Waals surface area (Å²) in [6, 6.07) is 1.71. The summed E-state index contributed by atoms with van der Waals surface area (Å²) in [4.78, 5) is 18.2. The SMILES string of the molecule is O=C(O)COc1cc(C2CC2)ncn1. The molecule has 1 aromatic rings. The van der Waals surface area contributed by atoms with Crippen LogP contribution in [0.5, 0.6) is 5.88 Å². The molecule has 2 rings (SSSR count). The molecule has 0 aliphatic heterocycles. The molecule has 1 fully saturated rings. The molecule has 0 saturated heterocycles. The van der Waals surface area contributed by atoms with Gasteiger partial charge in [0, 0.05) is 12.0 Å². The molecule has 1 N–H and O–H groups in total. The van der Waals surface area contributed by atoms with E-state index in [1.807, 2.05) is 0 Å². The number of hydrogen-bond donors (Lipinski definition) is 1. The Morgan fingerprint density at radius 3 is 3.00 bits per heavy atom. The first kappa shape index (κ1) is 8.93. The van der Waals surface area contributed by atoms with Crippen molar-refractivity contribution >= 4 is 5.97 Å². The second-order valence-corrected chi connectivity index (χ2v) is 3.24. The minimum Gasteiger partial charge on any atom is -0.479 e. The molecule has 5 heteroatoms. The Bertz CT molecular complexity index is 350. The highest BCUT2D eigenvalue weighted by molar-refractivity contribution is 5.68. The molecule has 1 aromatic heterocycles. The Labute approximate surface area is 80.8 Å². The van der Waals surface area contributed by atoms with E-state index in [2.05, 4.69) is 9.97 Å². The van der Waals surface area contributed by atoms with Crippen LogP contribution in [0.15, 0.2) is 12.4 Å². The molecule has 1 aliphatic carbocycles. The fourth-order valence-electron chi connectivity index (χ4n) is 1.17. The average molecular weight is 194 g/mol. The van der Waals surface area contributed by atoms with Crippen molar-refractivity contribution in [2.75, 3.05) is 6.61 Å². The second-order valence-electron chi connectivity index (χ2n) is 3.24. The summed E-state index contributed by atoms with van der Waals surface area (Å²) in [5.41, 5.74) is 0.945. The molecular weight excluding hydrogens is 184 g/mol. The summed E-state index contributed by atoms with van der Waals surface area (Å²) >= 11 is 0. The first-order valence-corrected chi connectivity index (χ1v) is 4.42. The molecule has 5 nitrogen and oxygen atoms in total. The van der Waals surface area contributed by atoms with Crippen molar-refractivity contribution in [2.24, 2.45) is 0 Å². The van der Waals surface area contributed by atoms with Crippen LogP contribution in [0.1, 0.15) is 24.5 Å². The van der Waals surface area contributed by atoms with E-state index in [0.717, 1.165) is 18.5 Å². The number of aliphatic carboxylic acids is 1. The van der Waals surface area contributed by atoms with Gasteiger partial charge in [-0.25, -0.2) is 14.8 Å². The summed E-state index contributed by atoms with van der Waals surface area (Å²) < 4.78 is 4.94. The van der Waals surface area contributed by atoms with Crippen LogP contribution in [0, 0.1) is 0 Å². The molecule has 14 heavy (non-hydrogen) atoms. The summed E-state index contributed by atoms with van der Waals surface area (Å²) in [6.45, 7) is -0.360. The van der Waals surface area contributed by atoms with Gasteiger partial charge in [-0.2, -0.15) is 0 Å². The van der Waals surface area contributed by atoms with E-state index in [-0.39, 0.29) is 6.61 Å². The first-order valence-electron chi connectivity index (χ1n) is 4.42. The summed E-state index contributed by atoms with van der Waals surface area (Å²) in [6.07, 6.45) is 3.70. The van der Waals surface area contributed by atoms with E-state index in [9.17, 15) is 4.79 Å². The van der Waals surface area contributed by atoms with Crippen LogP contribution >= 0.6 is 0 Å². The Hall–Kier alpha value is -1.65. The third-order valence-corrected chi connectivity index (χ3v) is 2.00. The summed E-state index contributed by atoms with van der Waals surface area (Å²) in [5, 5.41) is 8.40. The minimum atomic E-state index is -1.00. The number of ether oxygens (including phenoxy) is 1. The maximum Gasteiger partial charge on any atom is 0.341 e. The standard InChI is InChI=1S/C9H10N2O3/c12-9(13)4-14-8-3-7(6-1-2-6)10-5-11-8/h3,5-6H,1-2,4H2,(H,12,13). The maximum absolute atomic E-state index is 10.2. The maximum atomic E-state index is 10.2. The van der Waals surface area contributed by atoms with Crippen LogP contribution in [0.25, 0.3) is 0 Å². The predicted octanol–water partition coefficient (Wildman–Crippen LogP) is 0.817. The summed E-state index contributed by atoms with van der Waals surface area (Å²) in [7, 11) is 0. The monoisotopic (exact) mass is 194 g/mol. The van der Waals surface area contributed by atoms with Crippen LogP contribution in [-0.4, -0.2) is 27.7 Å². The fraction of sp³-hybridized carbons (Fsp3) is 0.444. The van der Waals surface area contributed by atoms with Crippen molar-refractivity contribution in [1.29, 1.82) is 0 Å².